The van der Waals surface area contributed by atoms with Gasteiger partial charge >= 0.3 is 0 Å². The molecule has 0 unspecified atom stereocenters. The molecule has 4 rings (SSSR count). The molecular weight excluding hydrogens is 314 g/mol. The Kier molecular flexibility index (Phi) is 4.50. The van der Waals surface area contributed by atoms with Crippen molar-refractivity contribution in [3.63, 3.8) is 0 Å². The first-order valence-corrected chi connectivity index (χ1v) is 9.03. The summed E-state index contributed by atoms with van der Waals surface area (Å²) in [5.74, 6) is 0.624. The van der Waals surface area contributed by atoms with E-state index in [0.717, 1.165) is 44.7 Å². The standard InChI is InChI=1S/C19H23N5O/c25-19(24-11-3-4-12-24)17-13-21-18(14-20-17)22-15-5-7-16(8-6-15)23-9-1-2-10-23/h5-8,13-14H,1-4,9-12H2,(H,21,22). The molecule has 1 aromatic carbocycles. The van der Waals surface area contributed by atoms with Crippen LogP contribution in [0.5, 0.6) is 0 Å². The van der Waals surface area contributed by atoms with Crippen LogP contribution >= 0.6 is 0 Å². The smallest absolute Gasteiger partial charge is 0.274 e. The number of nitrogens with one attached hydrogen (secondary N) is 1. The molecule has 2 saturated heterocycles. The lowest BCUT2D eigenvalue weighted by molar-refractivity contribution is 0.0786. The Hall–Kier alpha value is -2.63. The van der Waals surface area contributed by atoms with E-state index in [2.05, 4.69) is 44.5 Å². The molecule has 2 fully saturated rings. The predicted molar refractivity (Wildman–Crippen MR) is 98.3 cm³/mol. The van der Waals surface area contributed by atoms with Gasteiger partial charge in [0.2, 0.25) is 0 Å². The third kappa shape index (κ3) is 3.57. The van der Waals surface area contributed by atoms with Crippen LogP contribution in [0.15, 0.2) is 36.7 Å². The van der Waals surface area contributed by atoms with E-state index < -0.39 is 0 Å². The maximum atomic E-state index is 12.3. The number of anilines is 3. The third-order valence-corrected chi connectivity index (χ3v) is 4.88. The van der Waals surface area contributed by atoms with Crippen molar-refractivity contribution in [3.05, 3.63) is 42.4 Å². The molecule has 0 atom stereocenters. The number of hydrogen-bond acceptors (Lipinski definition) is 5. The molecule has 1 aromatic heterocycles. The molecule has 0 bridgehead atoms. The van der Waals surface area contributed by atoms with Crippen LogP contribution in [-0.2, 0) is 0 Å². The van der Waals surface area contributed by atoms with E-state index in [9.17, 15) is 4.79 Å². The van der Waals surface area contributed by atoms with Gasteiger partial charge in [-0.2, -0.15) is 0 Å². The average Bonchev–Trinajstić information content (AvgIpc) is 3.36. The van der Waals surface area contributed by atoms with Crippen molar-refractivity contribution in [2.75, 3.05) is 36.4 Å². The molecule has 2 aliphatic rings. The predicted octanol–water partition coefficient (Wildman–Crippen LogP) is 3.06. The number of likely N-dealkylation sites (tertiary alicyclic amines) is 1. The summed E-state index contributed by atoms with van der Waals surface area (Å²) in [6.45, 7) is 3.93. The van der Waals surface area contributed by atoms with E-state index in [0.29, 0.717) is 11.5 Å². The second-order valence-electron chi connectivity index (χ2n) is 6.65. The molecule has 6 heteroatoms. The van der Waals surface area contributed by atoms with Gasteiger partial charge in [-0.15, -0.1) is 0 Å². The summed E-state index contributed by atoms with van der Waals surface area (Å²) >= 11 is 0. The Morgan fingerprint density at radius 3 is 2.20 bits per heavy atom. The first kappa shape index (κ1) is 15.9. The molecule has 0 spiro atoms. The van der Waals surface area contributed by atoms with E-state index in [-0.39, 0.29) is 5.91 Å². The van der Waals surface area contributed by atoms with Gasteiger partial charge in [0.05, 0.1) is 12.4 Å². The molecule has 2 aromatic rings. The Bertz CT molecular complexity index is 716. The van der Waals surface area contributed by atoms with Gasteiger partial charge in [0, 0.05) is 37.6 Å². The Balaban J connectivity index is 1.39. The van der Waals surface area contributed by atoms with Crippen molar-refractivity contribution < 1.29 is 4.79 Å². The topological polar surface area (TPSA) is 61.4 Å². The van der Waals surface area contributed by atoms with Gasteiger partial charge in [-0.05, 0) is 49.9 Å². The van der Waals surface area contributed by atoms with Crippen molar-refractivity contribution in [1.82, 2.24) is 14.9 Å². The van der Waals surface area contributed by atoms with Crippen LogP contribution in [0.4, 0.5) is 17.2 Å². The first-order chi connectivity index (χ1) is 12.3. The SMILES string of the molecule is O=C(c1cnc(Nc2ccc(N3CCCC3)cc2)cn1)N1CCCC1. The zero-order chi connectivity index (χ0) is 17.1. The quantitative estimate of drug-likeness (QED) is 0.929. The maximum absolute atomic E-state index is 12.3. The number of amides is 1. The van der Waals surface area contributed by atoms with Gasteiger partial charge in [0.1, 0.15) is 11.5 Å². The largest absolute Gasteiger partial charge is 0.372 e. The fourth-order valence-corrected chi connectivity index (χ4v) is 3.46. The second-order valence-corrected chi connectivity index (χ2v) is 6.65. The molecule has 130 valence electrons. The molecule has 0 radical (unpaired) electrons. The summed E-state index contributed by atoms with van der Waals surface area (Å²) in [4.78, 5) is 25.1. The number of nitrogens with zero attached hydrogens (tertiary/aromatic N) is 4. The fraction of sp³-hybridized carbons (Fsp3) is 0.421. The molecule has 0 saturated carbocycles. The third-order valence-electron chi connectivity index (χ3n) is 4.88. The first-order valence-electron chi connectivity index (χ1n) is 9.03. The van der Waals surface area contributed by atoms with Gasteiger partial charge < -0.3 is 15.1 Å². The highest BCUT2D eigenvalue weighted by Gasteiger charge is 2.20. The highest BCUT2D eigenvalue weighted by molar-refractivity contribution is 5.92. The average molecular weight is 337 g/mol. The van der Waals surface area contributed by atoms with Gasteiger partial charge in [0.15, 0.2) is 0 Å². The lowest BCUT2D eigenvalue weighted by Gasteiger charge is -2.18. The van der Waals surface area contributed by atoms with Gasteiger partial charge in [0.25, 0.3) is 5.91 Å². The normalized spacial score (nSPS) is 17.1. The van der Waals surface area contributed by atoms with Crippen LogP contribution in [0.3, 0.4) is 0 Å². The molecule has 6 nitrogen and oxygen atoms in total. The van der Waals surface area contributed by atoms with Gasteiger partial charge in [-0.25, -0.2) is 9.97 Å². The summed E-state index contributed by atoms with van der Waals surface area (Å²) in [7, 11) is 0. The number of benzene rings is 1. The summed E-state index contributed by atoms with van der Waals surface area (Å²) in [6.07, 6.45) is 7.88. The Labute approximate surface area is 147 Å². The number of hydrogen-bond donors (Lipinski definition) is 1. The number of carbonyl (C=O) groups excluding carboxylic acids is 1. The highest BCUT2D eigenvalue weighted by atomic mass is 16.2. The zero-order valence-electron chi connectivity index (χ0n) is 14.3. The zero-order valence-corrected chi connectivity index (χ0v) is 14.3. The van der Waals surface area contributed by atoms with Crippen molar-refractivity contribution in [2.45, 2.75) is 25.7 Å². The van der Waals surface area contributed by atoms with E-state index in [4.69, 9.17) is 0 Å². The van der Waals surface area contributed by atoms with Crippen molar-refractivity contribution in [3.8, 4) is 0 Å². The summed E-state index contributed by atoms with van der Waals surface area (Å²) in [5.41, 5.74) is 2.65. The number of rotatable bonds is 4. The lowest BCUT2D eigenvalue weighted by atomic mass is 10.2. The van der Waals surface area contributed by atoms with Crippen molar-refractivity contribution >= 4 is 23.1 Å². The van der Waals surface area contributed by atoms with Crippen LogP contribution in [0.1, 0.15) is 36.2 Å². The minimum absolute atomic E-state index is 0.0217. The molecule has 2 aliphatic heterocycles. The van der Waals surface area contributed by atoms with Crippen molar-refractivity contribution in [2.24, 2.45) is 0 Å². The summed E-state index contributed by atoms with van der Waals surface area (Å²) in [6, 6.07) is 8.37. The van der Waals surface area contributed by atoms with Crippen LogP contribution in [-0.4, -0.2) is 47.0 Å². The summed E-state index contributed by atoms with van der Waals surface area (Å²) < 4.78 is 0. The highest BCUT2D eigenvalue weighted by Crippen LogP contribution is 2.23. The molecule has 1 N–H and O–H groups in total. The van der Waals surface area contributed by atoms with Crippen LogP contribution < -0.4 is 10.2 Å². The molecular formula is C19H23N5O. The minimum atomic E-state index is -0.0217. The lowest BCUT2D eigenvalue weighted by Crippen LogP contribution is -2.28. The minimum Gasteiger partial charge on any atom is -0.372 e. The molecule has 3 heterocycles. The molecule has 0 aliphatic carbocycles. The van der Waals surface area contributed by atoms with E-state index >= 15 is 0 Å². The Morgan fingerprint density at radius 1 is 0.880 bits per heavy atom. The van der Waals surface area contributed by atoms with Gasteiger partial charge in [-0.1, -0.05) is 0 Å². The van der Waals surface area contributed by atoms with Gasteiger partial charge in [-0.3, -0.25) is 4.79 Å². The Morgan fingerprint density at radius 2 is 1.56 bits per heavy atom. The van der Waals surface area contributed by atoms with Crippen molar-refractivity contribution in [1.29, 1.82) is 0 Å². The van der Waals surface area contributed by atoms with E-state index in [1.54, 1.807) is 12.4 Å². The monoisotopic (exact) mass is 337 g/mol. The summed E-state index contributed by atoms with van der Waals surface area (Å²) in [5, 5.41) is 3.24. The number of carbonyl (C=O) groups is 1. The molecule has 25 heavy (non-hydrogen) atoms. The van der Waals surface area contributed by atoms with Crippen LogP contribution in [0.25, 0.3) is 0 Å². The molecule has 1 amide bonds. The number of aromatic nitrogens is 2. The second kappa shape index (κ2) is 7.09. The van der Waals surface area contributed by atoms with Crippen LogP contribution in [0, 0.1) is 0 Å². The van der Waals surface area contributed by atoms with E-state index in [1.807, 2.05) is 4.90 Å². The van der Waals surface area contributed by atoms with Crippen LogP contribution in [0.2, 0.25) is 0 Å². The fourth-order valence-electron chi connectivity index (χ4n) is 3.46. The maximum Gasteiger partial charge on any atom is 0.274 e. The van der Waals surface area contributed by atoms with E-state index in [1.165, 1.54) is 18.5 Å².